The average Bonchev–Trinajstić information content (AvgIpc) is 3.44. The SMILES string of the molecule is Fc1cccc(COc2ccc(Nc3ncnc4ccn(CC5CCCO5)c34)cc2Cl)c1. The Morgan fingerprint density at radius 1 is 1.19 bits per heavy atom. The minimum atomic E-state index is -0.294. The summed E-state index contributed by atoms with van der Waals surface area (Å²) in [5.41, 5.74) is 3.30. The Hall–Kier alpha value is -3.16. The number of anilines is 2. The lowest BCUT2D eigenvalue weighted by Crippen LogP contribution is -2.14. The summed E-state index contributed by atoms with van der Waals surface area (Å²) >= 11 is 6.44. The lowest BCUT2D eigenvalue weighted by molar-refractivity contribution is 0.0980. The number of ether oxygens (including phenoxy) is 2. The topological polar surface area (TPSA) is 61.2 Å². The van der Waals surface area contributed by atoms with Gasteiger partial charge in [-0.1, -0.05) is 23.7 Å². The predicted molar refractivity (Wildman–Crippen MR) is 122 cm³/mol. The number of halogens is 2. The summed E-state index contributed by atoms with van der Waals surface area (Å²) in [6, 6.07) is 13.7. The molecule has 164 valence electrons. The molecule has 32 heavy (non-hydrogen) atoms. The number of benzene rings is 2. The molecule has 1 unspecified atom stereocenters. The molecule has 0 spiro atoms. The van der Waals surface area contributed by atoms with Crippen LogP contribution in [0.15, 0.2) is 61.1 Å². The number of nitrogens with zero attached hydrogens (tertiary/aromatic N) is 3. The van der Waals surface area contributed by atoms with E-state index in [4.69, 9.17) is 21.1 Å². The van der Waals surface area contributed by atoms with Gasteiger partial charge in [-0.25, -0.2) is 14.4 Å². The zero-order valence-electron chi connectivity index (χ0n) is 17.3. The Bertz CT molecular complexity index is 1240. The quantitative estimate of drug-likeness (QED) is 0.388. The Morgan fingerprint density at radius 2 is 2.12 bits per heavy atom. The molecule has 5 rings (SSSR count). The van der Waals surface area contributed by atoms with Crippen molar-refractivity contribution in [3.05, 3.63) is 77.5 Å². The van der Waals surface area contributed by atoms with E-state index >= 15 is 0 Å². The highest BCUT2D eigenvalue weighted by Crippen LogP contribution is 2.31. The van der Waals surface area contributed by atoms with Crippen LogP contribution in [-0.2, 0) is 17.9 Å². The zero-order chi connectivity index (χ0) is 21.9. The Balaban J connectivity index is 1.33. The van der Waals surface area contributed by atoms with Crippen molar-refractivity contribution in [1.82, 2.24) is 14.5 Å². The highest BCUT2D eigenvalue weighted by Gasteiger charge is 2.18. The molecule has 0 amide bonds. The van der Waals surface area contributed by atoms with Crippen molar-refractivity contribution >= 4 is 34.1 Å². The zero-order valence-corrected chi connectivity index (χ0v) is 18.1. The first-order valence-corrected chi connectivity index (χ1v) is 10.9. The molecule has 3 heterocycles. The number of hydrogen-bond donors (Lipinski definition) is 1. The fourth-order valence-electron chi connectivity index (χ4n) is 3.90. The highest BCUT2D eigenvalue weighted by atomic mass is 35.5. The normalized spacial score (nSPS) is 15.9. The van der Waals surface area contributed by atoms with Crippen molar-refractivity contribution in [3.63, 3.8) is 0 Å². The molecule has 1 N–H and O–H groups in total. The van der Waals surface area contributed by atoms with E-state index < -0.39 is 0 Å². The van der Waals surface area contributed by atoms with Crippen LogP contribution < -0.4 is 10.1 Å². The summed E-state index contributed by atoms with van der Waals surface area (Å²) in [5.74, 6) is 0.927. The van der Waals surface area contributed by atoms with Crippen molar-refractivity contribution in [2.75, 3.05) is 11.9 Å². The van der Waals surface area contributed by atoms with Gasteiger partial charge in [0.25, 0.3) is 0 Å². The maximum absolute atomic E-state index is 13.4. The molecule has 8 heteroatoms. The molecular formula is C24H22ClFN4O2. The van der Waals surface area contributed by atoms with Gasteiger partial charge >= 0.3 is 0 Å². The fraction of sp³-hybridized carbons (Fsp3) is 0.250. The monoisotopic (exact) mass is 452 g/mol. The fourth-order valence-corrected chi connectivity index (χ4v) is 4.14. The summed E-state index contributed by atoms with van der Waals surface area (Å²) in [7, 11) is 0. The van der Waals surface area contributed by atoms with Gasteiger partial charge in [0.05, 0.1) is 16.6 Å². The third-order valence-corrected chi connectivity index (χ3v) is 5.75. The van der Waals surface area contributed by atoms with Gasteiger partial charge in [0.1, 0.15) is 30.0 Å². The van der Waals surface area contributed by atoms with Gasteiger partial charge in [-0.05, 0) is 54.8 Å². The summed E-state index contributed by atoms with van der Waals surface area (Å²) in [5, 5.41) is 3.80. The van der Waals surface area contributed by atoms with Gasteiger partial charge in [-0.2, -0.15) is 0 Å². The summed E-state index contributed by atoms with van der Waals surface area (Å²) in [6.07, 6.45) is 5.92. The molecule has 1 aliphatic heterocycles. The molecule has 0 aliphatic carbocycles. The van der Waals surface area contributed by atoms with Gasteiger partial charge in [0.15, 0.2) is 5.82 Å². The lowest BCUT2D eigenvalue weighted by atomic mass is 10.2. The molecule has 1 saturated heterocycles. The van der Waals surface area contributed by atoms with Gasteiger partial charge in [-0.3, -0.25) is 0 Å². The van der Waals surface area contributed by atoms with Crippen LogP contribution in [0.5, 0.6) is 5.75 Å². The van der Waals surface area contributed by atoms with Crippen molar-refractivity contribution in [2.45, 2.75) is 32.1 Å². The standard InChI is InChI=1S/C24H22ClFN4O2/c25-20-12-18(6-7-22(20)32-14-16-3-1-4-17(26)11-16)29-24-23-21(27-15-28-24)8-9-30(23)13-19-5-2-10-31-19/h1,3-4,6-9,11-12,15,19H,2,5,10,13-14H2,(H,27,28,29). The minimum Gasteiger partial charge on any atom is -0.487 e. The van der Waals surface area contributed by atoms with Crippen LogP contribution in [-0.4, -0.2) is 27.2 Å². The van der Waals surface area contributed by atoms with Gasteiger partial charge < -0.3 is 19.4 Å². The molecule has 1 fully saturated rings. The molecule has 0 saturated carbocycles. The number of fused-ring (bicyclic) bond motifs is 1. The minimum absolute atomic E-state index is 0.211. The Kier molecular flexibility index (Phi) is 5.92. The molecule has 0 radical (unpaired) electrons. The first kappa shape index (κ1) is 20.7. The molecule has 2 aromatic carbocycles. The van der Waals surface area contributed by atoms with Crippen LogP contribution in [0.1, 0.15) is 18.4 Å². The second-order valence-corrected chi connectivity index (χ2v) is 8.16. The molecule has 4 aromatic rings. The van der Waals surface area contributed by atoms with E-state index in [0.717, 1.165) is 48.3 Å². The van der Waals surface area contributed by atoms with Crippen molar-refractivity contribution in [3.8, 4) is 5.75 Å². The van der Waals surface area contributed by atoms with Crippen LogP contribution in [0.3, 0.4) is 0 Å². The van der Waals surface area contributed by atoms with E-state index in [1.165, 1.54) is 12.1 Å². The van der Waals surface area contributed by atoms with Crippen LogP contribution in [0.2, 0.25) is 5.02 Å². The smallest absolute Gasteiger partial charge is 0.158 e. The molecule has 2 aromatic heterocycles. The number of nitrogens with one attached hydrogen (secondary N) is 1. The van der Waals surface area contributed by atoms with Crippen LogP contribution in [0, 0.1) is 5.82 Å². The van der Waals surface area contributed by atoms with E-state index in [1.54, 1.807) is 30.6 Å². The van der Waals surface area contributed by atoms with Crippen molar-refractivity contribution in [2.24, 2.45) is 0 Å². The lowest BCUT2D eigenvalue weighted by Gasteiger charge is -2.14. The third-order valence-electron chi connectivity index (χ3n) is 5.45. The Morgan fingerprint density at radius 3 is 2.94 bits per heavy atom. The summed E-state index contributed by atoms with van der Waals surface area (Å²) in [4.78, 5) is 8.84. The molecular weight excluding hydrogens is 431 g/mol. The maximum atomic E-state index is 13.4. The number of aromatic nitrogens is 3. The molecule has 6 nitrogen and oxygen atoms in total. The van der Waals surface area contributed by atoms with E-state index in [1.807, 2.05) is 18.3 Å². The molecule has 1 aliphatic rings. The summed E-state index contributed by atoms with van der Waals surface area (Å²) < 4.78 is 27.0. The number of hydrogen-bond acceptors (Lipinski definition) is 5. The van der Waals surface area contributed by atoms with Gasteiger partial charge in [-0.15, -0.1) is 0 Å². The van der Waals surface area contributed by atoms with Crippen LogP contribution in [0.4, 0.5) is 15.9 Å². The first-order valence-electron chi connectivity index (χ1n) is 10.5. The maximum Gasteiger partial charge on any atom is 0.158 e. The molecule has 1 atom stereocenters. The largest absolute Gasteiger partial charge is 0.487 e. The van der Waals surface area contributed by atoms with Crippen molar-refractivity contribution < 1.29 is 13.9 Å². The van der Waals surface area contributed by atoms with Gasteiger partial charge in [0, 0.05) is 25.0 Å². The van der Waals surface area contributed by atoms with Gasteiger partial charge in [0.2, 0.25) is 0 Å². The van der Waals surface area contributed by atoms with Crippen LogP contribution in [0.25, 0.3) is 11.0 Å². The highest BCUT2D eigenvalue weighted by molar-refractivity contribution is 6.32. The predicted octanol–water partition coefficient (Wildman–Crippen LogP) is 5.73. The molecule has 0 bridgehead atoms. The van der Waals surface area contributed by atoms with E-state index in [0.29, 0.717) is 16.6 Å². The second-order valence-electron chi connectivity index (χ2n) is 7.75. The third kappa shape index (κ3) is 4.54. The Labute approximate surface area is 190 Å². The van der Waals surface area contributed by atoms with Crippen molar-refractivity contribution in [1.29, 1.82) is 0 Å². The average molecular weight is 453 g/mol. The van der Waals surface area contributed by atoms with E-state index in [2.05, 4.69) is 19.9 Å². The first-order chi connectivity index (χ1) is 15.7. The summed E-state index contributed by atoms with van der Waals surface area (Å²) in [6.45, 7) is 1.81. The second kappa shape index (κ2) is 9.14. The number of rotatable bonds is 7. The van der Waals surface area contributed by atoms with E-state index in [-0.39, 0.29) is 18.5 Å². The van der Waals surface area contributed by atoms with Crippen LogP contribution >= 0.6 is 11.6 Å². The van der Waals surface area contributed by atoms with E-state index in [9.17, 15) is 4.39 Å².